The number of nitrogens with zero attached hydrogens (tertiary/aromatic N) is 3. The molecule has 150 valence electrons. The Labute approximate surface area is 169 Å². The smallest absolute Gasteiger partial charge is 0.233 e. The second-order valence-electron chi connectivity index (χ2n) is 8.28. The van der Waals surface area contributed by atoms with Crippen LogP contribution in [0, 0.1) is 5.92 Å². The van der Waals surface area contributed by atoms with Gasteiger partial charge in [-0.15, -0.1) is 5.10 Å². The van der Waals surface area contributed by atoms with Crippen molar-refractivity contribution in [1.29, 1.82) is 0 Å². The lowest BCUT2D eigenvalue weighted by atomic mass is 9.69. The summed E-state index contributed by atoms with van der Waals surface area (Å²) in [5.74, 6) is 0.0500. The molecule has 3 N–H and O–H groups in total. The van der Waals surface area contributed by atoms with E-state index in [1.54, 1.807) is 19.2 Å². The first-order valence-corrected chi connectivity index (χ1v) is 10.0. The van der Waals surface area contributed by atoms with Crippen molar-refractivity contribution in [3.63, 3.8) is 0 Å². The van der Waals surface area contributed by atoms with Gasteiger partial charge < -0.3 is 20.4 Å². The Hall–Kier alpha value is -2.93. The van der Waals surface area contributed by atoms with E-state index in [2.05, 4.69) is 51.5 Å². The fourth-order valence-electron chi connectivity index (χ4n) is 5.45. The standard InChI is InChI=1S/C22H25N5O2/c1-27-11-13(21(22(23)28)17-6-7-19(29-2)26-25-17)8-15-14-4-3-5-16-20(14)12(10-24-16)9-18(15)27/h3-7,10,13,15,18,21,24H,8-9,11H2,1-2H3,(H2,23,28)/t13-,15-,18-,21?/m1/s1. The molecule has 0 bridgehead atoms. The van der Waals surface area contributed by atoms with Gasteiger partial charge in [0.15, 0.2) is 0 Å². The lowest BCUT2D eigenvalue weighted by Gasteiger charge is -2.46. The van der Waals surface area contributed by atoms with E-state index in [0.29, 0.717) is 23.5 Å². The number of likely N-dealkylation sites (tertiary alicyclic amines) is 1. The Morgan fingerprint density at radius 1 is 1.31 bits per heavy atom. The number of ether oxygens (including phenoxy) is 1. The van der Waals surface area contributed by atoms with E-state index in [1.165, 1.54) is 22.0 Å². The van der Waals surface area contributed by atoms with Crippen molar-refractivity contribution in [2.45, 2.75) is 30.7 Å². The highest BCUT2D eigenvalue weighted by molar-refractivity contribution is 5.88. The molecule has 29 heavy (non-hydrogen) atoms. The predicted molar refractivity (Wildman–Crippen MR) is 110 cm³/mol. The predicted octanol–water partition coefficient (Wildman–Crippen LogP) is 2.20. The quantitative estimate of drug-likeness (QED) is 0.711. The minimum Gasteiger partial charge on any atom is -0.480 e. The van der Waals surface area contributed by atoms with Crippen molar-refractivity contribution in [1.82, 2.24) is 20.1 Å². The van der Waals surface area contributed by atoms with Gasteiger partial charge in [0, 0.05) is 41.7 Å². The number of hydrogen-bond acceptors (Lipinski definition) is 5. The number of nitrogens with one attached hydrogen (secondary N) is 1. The monoisotopic (exact) mass is 391 g/mol. The SMILES string of the molecule is COc1ccc(C(C(N)=O)[C@@H]2C[C@@H]3c4cccc5[nH]cc(c45)C[C@H]3N(C)C2)nn1. The summed E-state index contributed by atoms with van der Waals surface area (Å²) in [7, 11) is 3.70. The van der Waals surface area contributed by atoms with Crippen LogP contribution >= 0.6 is 0 Å². The molecule has 3 heterocycles. The zero-order chi connectivity index (χ0) is 20.1. The Bertz CT molecular complexity index is 1060. The minimum atomic E-state index is -0.469. The molecule has 0 saturated carbocycles. The number of aromatic nitrogens is 3. The van der Waals surface area contributed by atoms with Crippen LogP contribution in [0.5, 0.6) is 5.88 Å². The zero-order valence-electron chi connectivity index (χ0n) is 16.6. The molecule has 1 saturated heterocycles. The number of benzene rings is 1. The molecule has 1 unspecified atom stereocenters. The van der Waals surface area contributed by atoms with Gasteiger partial charge in [0.05, 0.1) is 18.7 Å². The van der Waals surface area contributed by atoms with Crippen LogP contribution in [0.15, 0.2) is 36.5 Å². The van der Waals surface area contributed by atoms with E-state index in [1.807, 2.05) is 0 Å². The second kappa shape index (κ2) is 6.84. The molecule has 1 aliphatic carbocycles. The molecule has 3 aromatic rings. The average Bonchev–Trinajstić information content (AvgIpc) is 3.14. The van der Waals surface area contributed by atoms with Crippen LogP contribution in [0.25, 0.3) is 10.9 Å². The van der Waals surface area contributed by atoms with Gasteiger partial charge in [0.25, 0.3) is 0 Å². The number of nitrogens with two attached hydrogens (primary N) is 1. The van der Waals surface area contributed by atoms with Gasteiger partial charge in [-0.25, -0.2) is 0 Å². The lowest BCUT2D eigenvalue weighted by molar-refractivity contribution is -0.121. The summed E-state index contributed by atoms with van der Waals surface area (Å²) in [4.78, 5) is 18.3. The third-order valence-electron chi connectivity index (χ3n) is 6.72. The molecule has 1 amide bonds. The summed E-state index contributed by atoms with van der Waals surface area (Å²) in [6.45, 7) is 0.804. The fraction of sp³-hybridized carbons (Fsp3) is 0.409. The zero-order valence-corrected chi connectivity index (χ0v) is 16.6. The van der Waals surface area contributed by atoms with Gasteiger partial charge in [0.1, 0.15) is 0 Å². The van der Waals surface area contributed by atoms with Crippen molar-refractivity contribution in [2.24, 2.45) is 11.7 Å². The Kier molecular flexibility index (Phi) is 4.28. The van der Waals surface area contributed by atoms with Crippen LogP contribution in [0.2, 0.25) is 0 Å². The largest absolute Gasteiger partial charge is 0.480 e. The van der Waals surface area contributed by atoms with Gasteiger partial charge in [-0.2, -0.15) is 5.10 Å². The number of hydrogen-bond donors (Lipinski definition) is 2. The van der Waals surface area contributed by atoms with E-state index < -0.39 is 5.92 Å². The van der Waals surface area contributed by atoms with Crippen molar-refractivity contribution in [3.8, 4) is 5.88 Å². The molecule has 0 radical (unpaired) electrons. The molecular weight excluding hydrogens is 366 g/mol. The van der Waals surface area contributed by atoms with Crippen LogP contribution in [0.1, 0.15) is 35.1 Å². The highest BCUT2D eigenvalue weighted by Gasteiger charge is 2.43. The maximum Gasteiger partial charge on any atom is 0.233 e. The Balaban J connectivity index is 1.52. The Morgan fingerprint density at radius 3 is 2.90 bits per heavy atom. The number of rotatable bonds is 4. The minimum absolute atomic E-state index is 0.0807. The summed E-state index contributed by atoms with van der Waals surface area (Å²) in [6.07, 6.45) is 4.07. The third-order valence-corrected chi connectivity index (χ3v) is 6.72. The van der Waals surface area contributed by atoms with Crippen molar-refractivity contribution < 1.29 is 9.53 Å². The van der Waals surface area contributed by atoms with Crippen LogP contribution < -0.4 is 10.5 Å². The molecule has 7 heteroatoms. The number of carbonyl (C=O) groups is 1. The molecule has 4 atom stereocenters. The summed E-state index contributed by atoms with van der Waals surface area (Å²) in [5, 5.41) is 9.64. The van der Waals surface area contributed by atoms with Crippen molar-refractivity contribution in [2.75, 3.05) is 20.7 Å². The van der Waals surface area contributed by atoms with Crippen LogP contribution in [-0.2, 0) is 11.2 Å². The molecular formula is C22H25N5O2. The number of methoxy groups -OCH3 is 1. The van der Waals surface area contributed by atoms with Crippen molar-refractivity contribution in [3.05, 3.63) is 53.3 Å². The molecule has 0 spiro atoms. The van der Waals surface area contributed by atoms with E-state index in [9.17, 15) is 4.79 Å². The molecule has 1 aromatic carbocycles. The molecule has 5 rings (SSSR count). The number of primary amides is 1. The van der Waals surface area contributed by atoms with E-state index in [4.69, 9.17) is 10.5 Å². The number of piperidine rings is 1. The third kappa shape index (κ3) is 2.88. The van der Waals surface area contributed by atoms with Crippen LogP contribution in [0.3, 0.4) is 0 Å². The van der Waals surface area contributed by atoms with E-state index in [-0.39, 0.29) is 11.8 Å². The molecule has 2 aromatic heterocycles. The molecule has 2 aliphatic rings. The lowest BCUT2D eigenvalue weighted by Crippen LogP contribution is -2.50. The normalized spacial score (nSPS) is 24.8. The molecule has 1 aliphatic heterocycles. The van der Waals surface area contributed by atoms with Crippen LogP contribution in [-0.4, -0.2) is 52.7 Å². The first kappa shape index (κ1) is 18.1. The summed E-state index contributed by atoms with van der Waals surface area (Å²) in [5.41, 5.74) is 10.4. The maximum absolute atomic E-state index is 12.5. The summed E-state index contributed by atoms with van der Waals surface area (Å²) >= 11 is 0. The average molecular weight is 391 g/mol. The van der Waals surface area contributed by atoms with Gasteiger partial charge in [-0.3, -0.25) is 4.79 Å². The van der Waals surface area contributed by atoms with Gasteiger partial charge in [-0.1, -0.05) is 12.1 Å². The number of aromatic amines is 1. The second-order valence-corrected chi connectivity index (χ2v) is 8.28. The first-order valence-electron chi connectivity index (χ1n) is 10.0. The number of likely N-dealkylation sites (N-methyl/N-ethyl adjacent to an activating group) is 1. The van der Waals surface area contributed by atoms with E-state index in [0.717, 1.165) is 19.4 Å². The molecule has 7 nitrogen and oxygen atoms in total. The summed E-state index contributed by atoms with van der Waals surface area (Å²) < 4.78 is 5.10. The Morgan fingerprint density at radius 2 is 2.17 bits per heavy atom. The number of carbonyl (C=O) groups excluding carboxylic acids is 1. The highest BCUT2D eigenvalue weighted by atomic mass is 16.5. The summed E-state index contributed by atoms with van der Waals surface area (Å²) in [6, 6.07) is 10.5. The van der Waals surface area contributed by atoms with Crippen LogP contribution in [0.4, 0.5) is 0 Å². The fourth-order valence-corrected chi connectivity index (χ4v) is 5.45. The molecule has 1 fully saturated rings. The highest BCUT2D eigenvalue weighted by Crippen LogP contribution is 2.46. The first-order chi connectivity index (χ1) is 14.1. The number of fused-ring (bicyclic) bond motifs is 2. The number of amides is 1. The van der Waals surface area contributed by atoms with Gasteiger partial charge in [-0.05, 0) is 49.1 Å². The topological polar surface area (TPSA) is 97.1 Å². The van der Waals surface area contributed by atoms with Crippen molar-refractivity contribution >= 4 is 16.8 Å². The maximum atomic E-state index is 12.5. The van der Waals surface area contributed by atoms with Gasteiger partial charge in [0.2, 0.25) is 11.8 Å². The van der Waals surface area contributed by atoms with Gasteiger partial charge >= 0.3 is 0 Å². The van der Waals surface area contributed by atoms with E-state index >= 15 is 0 Å². The number of H-pyrrole nitrogens is 1.